The zero-order valence-corrected chi connectivity index (χ0v) is 12.7. The van der Waals surface area contributed by atoms with Gasteiger partial charge in [-0.3, -0.25) is 0 Å². The van der Waals surface area contributed by atoms with Crippen molar-refractivity contribution < 1.29 is 13.5 Å². The molecule has 1 spiro atoms. The van der Waals surface area contributed by atoms with Crippen LogP contribution < -0.4 is 5.32 Å². The van der Waals surface area contributed by atoms with Gasteiger partial charge in [-0.05, 0) is 49.3 Å². The molecule has 1 aliphatic carbocycles. The maximum absolute atomic E-state index is 14.0. The van der Waals surface area contributed by atoms with E-state index in [1.807, 2.05) is 0 Å². The summed E-state index contributed by atoms with van der Waals surface area (Å²) in [5.74, 6) is -0.809. The maximum Gasteiger partial charge on any atom is 0.129 e. The molecule has 0 bridgehead atoms. The highest BCUT2D eigenvalue weighted by Gasteiger charge is 2.43. The molecule has 2 aliphatic rings. The number of morpholine rings is 1. The third-order valence-electron chi connectivity index (χ3n) is 4.99. The molecule has 1 N–H and O–H groups in total. The molecular formula is C17H23F2NO. The first-order valence-electron chi connectivity index (χ1n) is 7.73. The van der Waals surface area contributed by atoms with E-state index in [1.54, 1.807) is 0 Å². The monoisotopic (exact) mass is 295 g/mol. The Hall–Kier alpha value is -1.00. The zero-order chi connectivity index (χ0) is 15.1. The third-order valence-corrected chi connectivity index (χ3v) is 4.99. The SMILES string of the molecule is CC1(C)CCC2(CC1)CNCC(c1cc(F)ccc1F)O2. The average molecular weight is 295 g/mol. The Morgan fingerprint density at radius 3 is 2.57 bits per heavy atom. The Morgan fingerprint density at radius 1 is 1.14 bits per heavy atom. The van der Waals surface area contributed by atoms with Crippen molar-refractivity contribution in [1.82, 2.24) is 5.32 Å². The lowest BCUT2D eigenvalue weighted by Crippen LogP contribution is -2.53. The summed E-state index contributed by atoms with van der Waals surface area (Å²) >= 11 is 0. The van der Waals surface area contributed by atoms with Crippen LogP contribution in [0, 0.1) is 17.0 Å². The van der Waals surface area contributed by atoms with Gasteiger partial charge in [-0.1, -0.05) is 13.8 Å². The lowest BCUT2D eigenvalue weighted by molar-refractivity contribution is -0.148. The second kappa shape index (κ2) is 5.33. The number of rotatable bonds is 1. The first-order valence-corrected chi connectivity index (χ1v) is 7.73. The Bertz CT molecular complexity index is 520. The summed E-state index contributed by atoms with van der Waals surface area (Å²) in [7, 11) is 0. The zero-order valence-electron chi connectivity index (χ0n) is 12.7. The van der Waals surface area contributed by atoms with E-state index in [0.717, 1.165) is 38.3 Å². The molecule has 4 heteroatoms. The van der Waals surface area contributed by atoms with Gasteiger partial charge in [0.15, 0.2) is 0 Å². The highest BCUT2D eigenvalue weighted by molar-refractivity contribution is 5.22. The molecule has 2 fully saturated rings. The molecule has 116 valence electrons. The molecule has 1 atom stereocenters. The molecule has 1 heterocycles. The Kier molecular flexibility index (Phi) is 3.78. The number of nitrogens with one attached hydrogen (secondary N) is 1. The van der Waals surface area contributed by atoms with E-state index in [0.29, 0.717) is 17.5 Å². The van der Waals surface area contributed by atoms with Gasteiger partial charge in [0.1, 0.15) is 11.6 Å². The summed E-state index contributed by atoms with van der Waals surface area (Å²) in [4.78, 5) is 0. The van der Waals surface area contributed by atoms with Crippen LogP contribution in [-0.2, 0) is 4.74 Å². The summed E-state index contributed by atoms with van der Waals surface area (Å²) in [6, 6.07) is 3.58. The second-order valence-corrected chi connectivity index (χ2v) is 7.25. The van der Waals surface area contributed by atoms with Gasteiger partial charge in [-0.15, -0.1) is 0 Å². The highest BCUT2D eigenvalue weighted by atomic mass is 19.1. The largest absolute Gasteiger partial charge is 0.364 e. The first-order chi connectivity index (χ1) is 9.89. The lowest BCUT2D eigenvalue weighted by Gasteiger charge is -2.48. The molecule has 2 nitrogen and oxygen atoms in total. The van der Waals surface area contributed by atoms with Crippen molar-refractivity contribution in [3.8, 4) is 0 Å². The summed E-state index contributed by atoms with van der Waals surface area (Å²) < 4.78 is 33.6. The van der Waals surface area contributed by atoms with Gasteiger partial charge in [0.05, 0.1) is 11.7 Å². The second-order valence-electron chi connectivity index (χ2n) is 7.25. The van der Waals surface area contributed by atoms with Crippen LogP contribution in [0.25, 0.3) is 0 Å². The fraction of sp³-hybridized carbons (Fsp3) is 0.647. The van der Waals surface area contributed by atoms with Crippen molar-refractivity contribution in [1.29, 1.82) is 0 Å². The van der Waals surface area contributed by atoms with Crippen LogP contribution in [0.1, 0.15) is 51.2 Å². The topological polar surface area (TPSA) is 21.3 Å². The molecule has 0 aromatic heterocycles. The molecule has 1 saturated carbocycles. The fourth-order valence-corrected chi connectivity index (χ4v) is 3.43. The molecule has 0 radical (unpaired) electrons. The summed E-state index contributed by atoms with van der Waals surface area (Å²) in [5.41, 5.74) is 0.453. The van der Waals surface area contributed by atoms with Gasteiger partial charge in [-0.2, -0.15) is 0 Å². The van der Waals surface area contributed by atoms with Crippen molar-refractivity contribution in [2.24, 2.45) is 5.41 Å². The van der Waals surface area contributed by atoms with Crippen molar-refractivity contribution in [3.05, 3.63) is 35.4 Å². The van der Waals surface area contributed by atoms with Crippen LogP contribution in [0.2, 0.25) is 0 Å². The average Bonchev–Trinajstić information content (AvgIpc) is 2.46. The Balaban J connectivity index is 1.79. The van der Waals surface area contributed by atoms with Gasteiger partial charge < -0.3 is 10.1 Å². The molecule has 1 unspecified atom stereocenters. The van der Waals surface area contributed by atoms with Crippen LogP contribution in [0.4, 0.5) is 8.78 Å². The molecule has 1 saturated heterocycles. The normalized spacial score (nSPS) is 27.7. The fourth-order valence-electron chi connectivity index (χ4n) is 3.43. The van der Waals surface area contributed by atoms with Gasteiger partial charge in [0.25, 0.3) is 0 Å². The molecular weight excluding hydrogens is 272 g/mol. The third kappa shape index (κ3) is 3.11. The van der Waals surface area contributed by atoms with Crippen molar-refractivity contribution in [3.63, 3.8) is 0 Å². The predicted octanol–water partition coefficient (Wildman–Crippen LogP) is 3.96. The smallest absolute Gasteiger partial charge is 0.129 e. The first kappa shape index (κ1) is 14.9. The van der Waals surface area contributed by atoms with Crippen LogP contribution in [-0.4, -0.2) is 18.7 Å². The summed E-state index contributed by atoms with van der Waals surface area (Å²) in [6.07, 6.45) is 3.75. The summed E-state index contributed by atoms with van der Waals surface area (Å²) in [5, 5.41) is 3.35. The van der Waals surface area contributed by atoms with Crippen LogP contribution in [0.5, 0.6) is 0 Å². The maximum atomic E-state index is 14.0. The molecule has 1 aromatic carbocycles. The minimum absolute atomic E-state index is 0.225. The number of benzene rings is 1. The van der Waals surface area contributed by atoms with E-state index in [4.69, 9.17) is 4.74 Å². The molecule has 0 amide bonds. The molecule has 1 aromatic rings. The van der Waals surface area contributed by atoms with Gasteiger partial charge in [0.2, 0.25) is 0 Å². The highest BCUT2D eigenvalue weighted by Crippen LogP contribution is 2.45. The van der Waals surface area contributed by atoms with Crippen LogP contribution in [0.3, 0.4) is 0 Å². The van der Waals surface area contributed by atoms with E-state index >= 15 is 0 Å². The van der Waals surface area contributed by atoms with E-state index in [-0.39, 0.29) is 5.60 Å². The molecule has 21 heavy (non-hydrogen) atoms. The Labute approximate surface area is 124 Å². The van der Waals surface area contributed by atoms with E-state index in [1.165, 1.54) is 12.1 Å². The van der Waals surface area contributed by atoms with Gasteiger partial charge in [-0.25, -0.2) is 8.78 Å². The number of hydrogen-bond acceptors (Lipinski definition) is 2. The predicted molar refractivity (Wildman–Crippen MR) is 78.0 cm³/mol. The number of ether oxygens (including phenoxy) is 1. The minimum Gasteiger partial charge on any atom is -0.364 e. The van der Waals surface area contributed by atoms with Gasteiger partial charge >= 0.3 is 0 Å². The number of halogens is 2. The molecule has 3 rings (SSSR count). The Morgan fingerprint density at radius 2 is 1.86 bits per heavy atom. The molecule has 1 aliphatic heterocycles. The van der Waals surface area contributed by atoms with E-state index < -0.39 is 17.7 Å². The quantitative estimate of drug-likeness (QED) is 0.846. The minimum atomic E-state index is -0.417. The lowest BCUT2D eigenvalue weighted by atomic mass is 9.70. The van der Waals surface area contributed by atoms with Crippen LogP contribution in [0.15, 0.2) is 18.2 Å². The summed E-state index contributed by atoms with van der Waals surface area (Å²) in [6.45, 7) is 5.89. The van der Waals surface area contributed by atoms with Crippen molar-refractivity contribution >= 4 is 0 Å². The number of hydrogen-bond donors (Lipinski definition) is 1. The van der Waals surface area contributed by atoms with E-state index in [2.05, 4.69) is 19.2 Å². The van der Waals surface area contributed by atoms with Crippen molar-refractivity contribution in [2.75, 3.05) is 13.1 Å². The van der Waals surface area contributed by atoms with Crippen molar-refractivity contribution in [2.45, 2.75) is 51.2 Å². The van der Waals surface area contributed by atoms with Gasteiger partial charge in [0, 0.05) is 18.7 Å². The van der Waals surface area contributed by atoms with Crippen LogP contribution >= 0.6 is 0 Å². The van der Waals surface area contributed by atoms with E-state index in [9.17, 15) is 8.78 Å². The standard InChI is InChI=1S/C17H23F2NO/c1-16(2)5-7-17(8-6-16)11-20-10-15(21-17)13-9-12(18)3-4-14(13)19/h3-4,9,15,20H,5-8,10-11H2,1-2H3.